The third-order valence-corrected chi connectivity index (χ3v) is 1.55. The van der Waals surface area contributed by atoms with Crippen LogP contribution in [0.1, 0.15) is 20.8 Å². The number of rotatable bonds is 0. The molecular formula is C9H13NO3. The number of imide groups is 1. The number of likely N-dealkylation sites (N-methyl/N-ethyl adjacent to an activating group) is 1. The standard InChI is InChI=1S/C9H13NO3/c1-9(2,3)5-6-7(11)10(4)8(12)13-6/h5H,1-4H3/b6-5-. The van der Waals surface area contributed by atoms with Gasteiger partial charge < -0.3 is 4.74 Å². The molecule has 0 unspecified atom stereocenters. The van der Waals surface area contributed by atoms with Crippen molar-refractivity contribution in [2.75, 3.05) is 7.05 Å². The number of hydrogen-bond donors (Lipinski definition) is 0. The first-order valence-corrected chi connectivity index (χ1v) is 4.04. The van der Waals surface area contributed by atoms with Crippen LogP contribution in [0.3, 0.4) is 0 Å². The van der Waals surface area contributed by atoms with Crippen LogP contribution >= 0.6 is 0 Å². The molecule has 0 aromatic carbocycles. The number of allylic oxidation sites excluding steroid dienone is 1. The monoisotopic (exact) mass is 183 g/mol. The van der Waals surface area contributed by atoms with Crippen LogP contribution < -0.4 is 0 Å². The minimum atomic E-state index is -0.611. The molecule has 1 fully saturated rings. The van der Waals surface area contributed by atoms with Gasteiger partial charge in [0, 0.05) is 7.05 Å². The molecule has 0 bridgehead atoms. The average Bonchev–Trinajstić information content (AvgIpc) is 2.15. The van der Waals surface area contributed by atoms with E-state index >= 15 is 0 Å². The molecule has 1 saturated heterocycles. The Labute approximate surface area is 77.2 Å². The highest BCUT2D eigenvalue weighted by Gasteiger charge is 2.34. The van der Waals surface area contributed by atoms with Gasteiger partial charge in [-0.3, -0.25) is 4.79 Å². The largest absolute Gasteiger partial charge is 0.422 e. The van der Waals surface area contributed by atoms with E-state index in [0.717, 1.165) is 4.90 Å². The Bertz CT molecular complexity index is 286. The van der Waals surface area contributed by atoms with Gasteiger partial charge in [-0.2, -0.15) is 0 Å². The maximum Gasteiger partial charge on any atom is 0.422 e. The average molecular weight is 183 g/mol. The minimum Gasteiger partial charge on any atom is -0.404 e. The second-order valence-corrected chi connectivity index (χ2v) is 4.11. The molecule has 4 nitrogen and oxygen atoms in total. The zero-order valence-corrected chi connectivity index (χ0v) is 8.25. The lowest BCUT2D eigenvalue weighted by Gasteiger charge is -2.11. The van der Waals surface area contributed by atoms with Crippen LogP contribution in [0.4, 0.5) is 4.79 Å². The zero-order chi connectivity index (χ0) is 10.2. The van der Waals surface area contributed by atoms with Crippen molar-refractivity contribution < 1.29 is 14.3 Å². The topological polar surface area (TPSA) is 46.6 Å². The van der Waals surface area contributed by atoms with Crippen molar-refractivity contribution in [3.63, 3.8) is 0 Å². The van der Waals surface area contributed by atoms with Gasteiger partial charge in [0.1, 0.15) is 0 Å². The van der Waals surface area contributed by atoms with Gasteiger partial charge in [0.15, 0.2) is 5.76 Å². The van der Waals surface area contributed by atoms with Gasteiger partial charge in [0.25, 0.3) is 5.91 Å². The molecule has 0 N–H and O–H groups in total. The fraction of sp³-hybridized carbons (Fsp3) is 0.556. The summed E-state index contributed by atoms with van der Waals surface area (Å²) in [6.45, 7) is 5.79. The number of carbonyl (C=O) groups excluding carboxylic acids is 2. The van der Waals surface area contributed by atoms with Gasteiger partial charge in [-0.1, -0.05) is 20.8 Å². The maximum absolute atomic E-state index is 11.3. The molecule has 0 radical (unpaired) electrons. The molecule has 0 atom stereocenters. The highest BCUT2D eigenvalue weighted by atomic mass is 16.6. The molecule has 13 heavy (non-hydrogen) atoms. The number of amides is 2. The van der Waals surface area contributed by atoms with Gasteiger partial charge in [-0.25, -0.2) is 9.69 Å². The van der Waals surface area contributed by atoms with Crippen molar-refractivity contribution in [3.05, 3.63) is 11.8 Å². The van der Waals surface area contributed by atoms with Crippen LogP contribution in [0.25, 0.3) is 0 Å². The van der Waals surface area contributed by atoms with Crippen molar-refractivity contribution in [1.82, 2.24) is 4.90 Å². The normalized spacial score (nSPS) is 21.2. The first kappa shape index (κ1) is 9.77. The summed E-state index contributed by atoms with van der Waals surface area (Å²) in [5.41, 5.74) is -0.170. The predicted octanol–water partition coefficient (Wildman–Crippen LogP) is 1.52. The van der Waals surface area contributed by atoms with E-state index in [1.165, 1.54) is 7.05 Å². The third-order valence-electron chi connectivity index (χ3n) is 1.55. The molecule has 1 heterocycles. The molecule has 4 heteroatoms. The molecule has 0 aromatic rings. The summed E-state index contributed by atoms with van der Waals surface area (Å²) in [6, 6.07) is 0. The zero-order valence-electron chi connectivity index (χ0n) is 8.25. The lowest BCUT2D eigenvalue weighted by atomic mass is 9.96. The Kier molecular flexibility index (Phi) is 2.15. The molecule has 1 aliphatic rings. The summed E-state index contributed by atoms with van der Waals surface area (Å²) in [5, 5.41) is 0. The van der Waals surface area contributed by atoms with Gasteiger partial charge in [0.2, 0.25) is 0 Å². The number of hydrogen-bond acceptors (Lipinski definition) is 3. The number of nitrogens with zero attached hydrogens (tertiary/aromatic N) is 1. The lowest BCUT2D eigenvalue weighted by Crippen LogP contribution is -2.23. The summed E-state index contributed by atoms with van der Waals surface area (Å²) in [5.74, 6) is -0.250. The van der Waals surface area contributed by atoms with Crippen LogP contribution in [-0.2, 0) is 9.53 Å². The highest BCUT2D eigenvalue weighted by molar-refractivity contribution is 6.07. The number of carbonyl (C=O) groups is 2. The Balaban J connectivity index is 2.92. The fourth-order valence-corrected chi connectivity index (χ4v) is 0.939. The summed E-state index contributed by atoms with van der Waals surface area (Å²) >= 11 is 0. The van der Waals surface area contributed by atoms with Crippen LogP contribution in [0.2, 0.25) is 0 Å². The van der Waals surface area contributed by atoms with Crippen LogP contribution in [0.5, 0.6) is 0 Å². The van der Waals surface area contributed by atoms with Crippen molar-refractivity contribution in [2.24, 2.45) is 5.41 Å². The molecule has 72 valence electrons. The Morgan fingerprint density at radius 2 is 1.85 bits per heavy atom. The van der Waals surface area contributed by atoms with E-state index in [9.17, 15) is 9.59 Å². The van der Waals surface area contributed by atoms with Crippen molar-refractivity contribution in [3.8, 4) is 0 Å². The lowest BCUT2D eigenvalue weighted by molar-refractivity contribution is -0.122. The van der Waals surface area contributed by atoms with Crippen LogP contribution in [-0.4, -0.2) is 23.9 Å². The second kappa shape index (κ2) is 2.87. The molecule has 0 aliphatic carbocycles. The van der Waals surface area contributed by atoms with Crippen molar-refractivity contribution in [2.45, 2.75) is 20.8 Å². The van der Waals surface area contributed by atoms with Crippen LogP contribution in [0.15, 0.2) is 11.8 Å². The predicted molar refractivity (Wildman–Crippen MR) is 46.8 cm³/mol. The van der Waals surface area contributed by atoms with Gasteiger partial charge in [-0.05, 0) is 11.5 Å². The SMILES string of the molecule is CN1C(=O)O/C(=C\C(C)(C)C)C1=O. The van der Waals surface area contributed by atoms with Gasteiger partial charge in [-0.15, -0.1) is 0 Å². The molecule has 2 amide bonds. The van der Waals surface area contributed by atoms with Crippen molar-refractivity contribution >= 4 is 12.0 Å². The fourth-order valence-electron chi connectivity index (χ4n) is 0.939. The molecule has 0 saturated carbocycles. The first-order chi connectivity index (χ1) is 5.81. The van der Waals surface area contributed by atoms with Gasteiger partial charge in [0.05, 0.1) is 0 Å². The molecule has 1 rings (SSSR count). The van der Waals surface area contributed by atoms with E-state index < -0.39 is 6.09 Å². The Morgan fingerprint density at radius 3 is 2.15 bits per heavy atom. The Morgan fingerprint density at radius 1 is 1.31 bits per heavy atom. The van der Waals surface area contributed by atoms with E-state index in [0.29, 0.717) is 0 Å². The molecular weight excluding hydrogens is 170 g/mol. The second-order valence-electron chi connectivity index (χ2n) is 4.11. The van der Waals surface area contributed by atoms with E-state index in [1.54, 1.807) is 6.08 Å². The van der Waals surface area contributed by atoms with Gasteiger partial charge >= 0.3 is 6.09 Å². The maximum atomic E-state index is 11.3. The minimum absolute atomic E-state index is 0.125. The van der Waals surface area contributed by atoms with E-state index in [1.807, 2.05) is 20.8 Å². The molecule has 1 aliphatic heterocycles. The summed E-state index contributed by atoms with van der Waals surface area (Å²) < 4.78 is 4.76. The summed E-state index contributed by atoms with van der Waals surface area (Å²) in [7, 11) is 1.40. The first-order valence-electron chi connectivity index (χ1n) is 4.04. The Hall–Kier alpha value is -1.32. The number of ether oxygens (including phenoxy) is 1. The molecule has 0 spiro atoms. The smallest absolute Gasteiger partial charge is 0.404 e. The quantitative estimate of drug-likeness (QED) is 0.535. The summed E-state index contributed by atoms with van der Waals surface area (Å²) in [4.78, 5) is 23.2. The van der Waals surface area contributed by atoms with E-state index in [2.05, 4.69) is 0 Å². The third kappa shape index (κ3) is 2.08. The van der Waals surface area contributed by atoms with E-state index in [4.69, 9.17) is 4.74 Å². The van der Waals surface area contributed by atoms with E-state index in [-0.39, 0.29) is 17.1 Å². The highest BCUT2D eigenvalue weighted by Crippen LogP contribution is 2.22. The van der Waals surface area contributed by atoms with Crippen molar-refractivity contribution in [1.29, 1.82) is 0 Å². The summed E-state index contributed by atoms with van der Waals surface area (Å²) in [6.07, 6.45) is 1.04. The van der Waals surface area contributed by atoms with Crippen LogP contribution in [0, 0.1) is 5.41 Å². The molecule has 0 aromatic heterocycles. The number of cyclic esters (lactones) is 1.